The summed E-state index contributed by atoms with van der Waals surface area (Å²) < 4.78 is 0. The van der Waals surface area contributed by atoms with Crippen molar-refractivity contribution in [1.29, 1.82) is 0 Å². The van der Waals surface area contributed by atoms with Crippen LogP contribution in [0.5, 0.6) is 0 Å². The molecule has 0 N–H and O–H groups in total. The Balaban J connectivity index is 1.81. The first kappa shape index (κ1) is 13.7. The minimum absolute atomic E-state index is 0.127. The van der Waals surface area contributed by atoms with Gasteiger partial charge in [-0.2, -0.15) is 0 Å². The fraction of sp³-hybridized carbons (Fsp3) is 0.789. The number of Topliss-reactive ketones (excluding diaryl/α,β-unsaturated/α-hetero) is 1. The maximum absolute atomic E-state index is 12.8. The molecule has 2 heteroatoms. The third-order valence-electron chi connectivity index (χ3n) is 7.53. The van der Waals surface area contributed by atoms with Crippen molar-refractivity contribution < 1.29 is 9.59 Å². The van der Waals surface area contributed by atoms with Crippen LogP contribution < -0.4 is 0 Å². The highest BCUT2D eigenvalue weighted by atomic mass is 16.1. The van der Waals surface area contributed by atoms with E-state index in [1.54, 1.807) is 0 Å². The van der Waals surface area contributed by atoms with Crippen molar-refractivity contribution >= 4 is 11.6 Å². The van der Waals surface area contributed by atoms with Gasteiger partial charge in [0, 0.05) is 12.3 Å². The van der Waals surface area contributed by atoms with E-state index in [-0.39, 0.29) is 17.3 Å². The lowest BCUT2D eigenvalue weighted by Gasteiger charge is -2.54. The van der Waals surface area contributed by atoms with Crippen LogP contribution in [-0.2, 0) is 9.59 Å². The highest BCUT2D eigenvalue weighted by Gasteiger charge is 2.60. The maximum Gasteiger partial charge on any atom is 0.159 e. The van der Waals surface area contributed by atoms with Crippen LogP contribution in [0.4, 0.5) is 0 Å². The van der Waals surface area contributed by atoms with Gasteiger partial charge in [0.1, 0.15) is 5.78 Å². The van der Waals surface area contributed by atoms with Gasteiger partial charge in [-0.05, 0) is 68.8 Å². The molecule has 4 aliphatic rings. The Morgan fingerprint density at radius 3 is 2.62 bits per heavy atom. The standard InChI is InChI=1S/C19H26O2/c1-18-9-4-6-13(18)17-14(8-10-18)19(2)12(11-15(17)20)5-3-7-16(19)21/h11,13-14,17H,3-10H2,1-2H3/t13-,14-,17-,18-,19-/m0/s1. The van der Waals surface area contributed by atoms with Crippen LogP contribution in [0.1, 0.15) is 65.2 Å². The second-order valence-corrected chi connectivity index (χ2v) is 8.37. The molecule has 114 valence electrons. The van der Waals surface area contributed by atoms with E-state index in [1.807, 2.05) is 6.08 Å². The highest BCUT2D eigenvalue weighted by Crippen LogP contribution is 2.63. The van der Waals surface area contributed by atoms with Gasteiger partial charge in [0.25, 0.3) is 0 Å². The Kier molecular flexibility index (Phi) is 2.81. The number of carbonyl (C=O) groups excluding carboxylic acids is 2. The number of rotatable bonds is 0. The molecular formula is C19H26O2. The summed E-state index contributed by atoms with van der Waals surface area (Å²) in [6, 6.07) is 0. The minimum atomic E-state index is -0.319. The second kappa shape index (κ2) is 4.30. The molecule has 0 unspecified atom stereocenters. The molecule has 0 aromatic rings. The fourth-order valence-electron chi connectivity index (χ4n) is 6.25. The van der Waals surface area contributed by atoms with Gasteiger partial charge >= 0.3 is 0 Å². The van der Waals surface area contributed by atoms with Crippen molar-refractivity contribution in [1.82, 2.24) is 0 Å². The molecule has 5 atom stereocenters. The molecule has 0 aromatic carbocycles. The van der Waals surface area contributed by atoms with E-state index in [2.05, 4.69) is 13.8 Å². The minimum Gasteiger partial charge on any atom is -0.299 e. The zero-order valence-corrected chi connectivity index (χ0v) is 13.3. The molecule has 3 fully saturated rings. The van der Waals surface area contributed by atoms with Crippen LogP contribution in [0, 0.1) is 28.6 Å². The average molecular weight is 286 g/mol. The van der Waals surface area contributed by atoms with Crippen LogP contribution in [0.2, 0.25) is 0 Å². The molecule has 4 aliphatic carbocycles. The van der Waals surface area contributed by atoms with Gasteiger partial charge in [-0.3, -0.25) is 9.59 Å². The highest BCUT2D eigenvalue weighted by molar-refractivity contribution is 6.00. The van der Waals surface area contributed by atoms with Gasteiger partial charge in [-0.25, -0.2) is 0 Å². The quantitative estimate of drug-likeness (QED) is 0.672. The zero-order chi connectivity index (χ0) is 14.8. The smallest absolute Gasteiger partial charge is 0.159 e. The Morgan fingerprint density at radius 1 is 1.00 bits per heavy atom. The predicted octanol–water partition coefficient (Wildman–Crippen LogP) is 4.09. The largest absolute Gasteiger partial charge is 0.299 e. The SMILES string of the molecule is C[C@@]12CCC[C@H]1[C@@H]1C(=O)C=C3CCCC(=O)[C@]3(C)[C@H]1CC2. The van der Waals surface area contributed by atoms with E-state index in [1.165, 1.54) is 25.7 Å². The molecule has 0 amide bonds. The third kappa shape index (κ3) is 1.65. The van der Waals surface area contributed by atoms with Gasteiger partial charge in [0.2, 0.25) is 0 Å². The van der Waals surface area contributed by atoms with Crippen molar-refractivity contribution in [2.24, 2.45) is 28.6 Å². The molecule has 0 spiro atoms. The molecule has 0 radical (unpaired) electrons. The molecule has 3 saturated carbocycles. The van der Waals surface area contributed by atoms with E-state index >= 15 is 0 Å². The zero-order valence-electron chi connectivity index (χ0n) is 13.3. The molecule has 0 bridgehead atoms. The molecule has 4 rings (SSSR count). The van der Waals surface area contributed by atoms with E-state index in [4.69, 9.17) is 0 Å². The Bertz CT molecular complexity index is 546. The van der Waals surface area contributed by atoms with Crippen molar-refractivity contribution in [3.63, 3.8) is 0 Å². The summed E-state index contributed by atoms with van der Waals surface area (Å²) >= 11 is 0. The lowest BCUT2D eigenvalue weighted by atomic mass is 9.47. The van der Waals surface area contributed by atoms with Crippen LogP contribution in [0.25, 0.3) is 0 Å². The summed E-state index contributed by atoms with van der Waals surface area (Å²) in [5.74, 6) is 1.69. The summed E-state index contributed by atoms with van der Waals surface area (Å²) in [5.41, 5.74) is 1.20. The van der Waals surface area contributed by atoms with E-state index < -0.39 is 0 Å². The number of hydrogen-bond acceptors (Lipinski definition) is 2. The number of hydrogen-bond donors (Lipinski definition) is 0. The van der Waals surface area contributed by atoms with Crippen LogP contribution in [0.15, 0.2) is 11.6 Å². The Morgan fingerprint density at radius 2 is 1.81 bits per heavy atom. The van der Waals surface area contributed by atoms with E-state index in [0.717, 1.165) is 24.8 Å². The van der Waals surface area contributed by atoms with E-state index in [9.17, 15) is 9.59 Å². The van der Waals surface area contributed by atoms with Gasteiger partial charge in [0.05, 0.1) is 5.41 Å². The van der Waals surface area contributed by atoms with Crippen LogP contribution >= 0.6 is 0 Å². The van der Waals surface area contributed by atoms with Crippen molar-refractivity contribution in [3.05, 3.63) is 11.6 Å². The molecule has 0 aromatic heterocycles. The molecule has 0 heterocycles. The van der Waals surface area contributed by atoms with Gasteiger partial charge < -0.3 is 0 Å². The lowest BCUT2D eigenvalue weighted by molar-refractivity contribution is -0.142. The number of fused-ring (bicyclic) bond motifs is 5. The van der Waals surface area contributed by atoms with E-state index in [0.29, 0.717) is 29.3 Å². The fourth-order valence-corrected chi connectivity index (χ4v) is 6.25. The first-order valence-corrected chi connectivity index (χ1v) is 8.75. The Hall–Kier alpha value is -0.920. The molecule has 0 saturated heterocycles. The van der Waals surface area contributed by atoms with Crippen molar-refractivity contribution in [2.45, 2.75) is 65.2 Å². The van der Waals surface area contributed by atoms with Crippen molar-refractivity contribution in [2.75, 3.05) is 0 Å². The van der Waals surface area contributed by atoms with Crippen LogP contribution in [-0.4, -0.2) is 11.6 Å². The third-order valence-corrected chi connectivity index (χ3v) is 7.53. The summed E-state index contributed by atoms with van der Waals surface area (Å²) in [4.78, 5) is 25.6. The molecule has 21 heavy (non-hydrogen) atoms. The molecule has 0 aliphatic heterocycles. The van der Waals surface area contributed by atoms with Gasteiger partial charge in [-0.15, -0.1) is 0 Å². The number of ketones is 2. The number of carbonyl (C=O) groups is 2. The summed E-state index contributed by atoms with van der Waals surface area (Å²) in [6.45, 7) is 4.54. The normalized spacial score (nSPS) is 49.2. The summed E-state index contributed by atoms with van der Waals surface area (Å²) in [5, 5.41) is 0. The molecule has 2 nitrogen and oxygen atoms in total. The second-order valence-electron chi connectivity index (χ2n) is 8.37. The summed E-state index contributed by atoms with van der Waals surface area (Å²) in [7, 11) is 0. The average Bonchev–Trinajstić information content (AvgIpc) is 2.83. The predicted molar refractivity (Wildman–Crippen MR) is 81.7 cm³/mol. The van der Waals surface area contributed by atoms with Gasteiger partial charge in [0.15, 0.2) is 5.78 Å². The monoisotopic (exact) mass is 286 g/mol. The van der Waals surface area contributed by atoms with Gasteiger partial charge in [-0.1, -0.05) is 18.9 Å². The van der Waals surface area contributed by atoms with Crippen molar-refractivity contribution in [3.8, 4) is 0 Å². The Labute approximate surface area is 127 Å². The first-order valence-electron chi connectivity index (χ1n) is 8.75. The lowest BCUT2D eigenvalue weighted by Crippen LogP contribution is -2.54. The number of allylic oxidation sites excluding steroid dienone is 2. The maximum atomic E-state index is 12.8. The topological polar surface area (TPSA) is 34.1 Å². The summed E-state index contributed by atoms with van der Waals surface area (Å²) in [6.07, 6.45) is 10.5. The molecular weight excluding hydrogens is 260 g/mol. The van der Waals surface area contributed by atoms with Crippen LogP contribution in [0.3, 0.4) is 0 Å². The first-order chi connectivity index (χ1) is 9.97.